The predicted molar refractivity (Wildman–Crippen MR) is 158 cm³/mol. The smallest absolute Gasteiger partial charge is 0.338 e. The van der Waals surface area contributed by atoms with Gasteiger partial charge in [-0.15, -0.1) is 0 Å². The van der Waals surface area contributed by atoms with Gasteiger partial charge in [0.2, 0.25) is 0 Å². The number of hydrogen-bond acceptors (Lipinski definition) is 9. The Labute approximate surface area is 254 Å². The largest absolute Gasteiger partial charge is 0.458 e. The first kappa shape index (κ1) is 29.9. The quantitative estimate of drug-likeness (QED) is 0.154. The van der Waals surface area contributed by atoms with E-state index in [4.69, 9.17) is 14.2 Å². The second-order valence-corrected chi connectivity index (χ2v) is 13.3. The van der Waals surface area contributed by atoms with Crippen LogP contribution in [0.5, 0.6) is 0 Å². The molecule has 0 amide bonds. The summed E-state index contributed by atoms with van der Waals surface area (Å²) in [5.74, 6) is -0.367. The number of hydrogen-bond donors (Lipinski definition) is 0. The second-order valence-electron chi connectivity index (χ2n) is 13.3. The normalized spacial score (nSPS) is 34.0. The number of fused-ring (bicyclic) bond motifs is 5. The molecule has 1 aliphatic heterocycles. The Morgan fingerprint density at radius 2 is 1.45 bits per heavy atom. The molecule has 44 heavy (non-hydrogen) atoms. The summed E-state index contributed by atoms with van der Waals surface area (Å²) in [5.41, 5.74) is 0.399. The molecule has 2 saturated carbocycles. The van der Waals surface area contributed by atoms with E-state index in [1.54, 1.807) is 0 Å². The van der Waals surface area contributed by atoms with Crippen LogP contribution in [0.2, 0.25) is 0 Å². The van der Waals surface area contributed by atoms with Crippen molar-refractivity contribution in [3.05, 3.63) is 91.5 Å². The van der Waals surface area contributed by atoms with Gasteiger partial charge >= 0.3 is 11.9 Å². The molecule has 3 aliphatic carbocycles. The van der Waals surface area contributed by atoms with E-state index in [2.05, 4.69) is 19.9 Å². The van der Waals surface area contributed by atoms with Crippen LogP contribution in [-0.2, 0) is 14.2 Å². The summed E-state index contributed by atoms with van der Waals surface area (Å²) in [6.45, 7) is 6.69. The Morgan fingerprint density at radius 1 is 0.864 bits per heavy atom. The zero-order valence-corrected chi connectivity index (χ0v) is 25.0. The first-order chi connectivity index (χ1) is 20.8. The van der Waals surface area contributed by atoms with Gasteiger partial charge in [0.25, 0.3) is 11.4 Å². The number of non-ortho nitro benzene ring substituents is 2. The number of carbonyl (C=O) groups is 2. The van der Waals surface area contributed by atoms with E-state index >= 15 is 0 Å². The molecule has 6 rings (SSSR count). The lowest BCUT2D eigenvalue weighted by atomic mass is 9.48. The molecule has 0 radical (unpaired) electrons. The van der Waals surface area contributed by atoms with Crippen LogP contribution in [0.1, 0.15) is 80.0 Å². The lowest BCUT2D eigenvalue weighted by Gasteiger charge is -2.57. The molecule has 3 fully saturated rings. The van der Waals surface area contributed by atoms with Crippen molar-refractivity contribution >= 4 is 23.3 Å². The van der Waals surface area contributed by atoms with Crippen molar-refractivity contribution in [3.63, 3.8) is 0 Å². The molecule has 1 saturated heterocycles. The standard InChI is InChI=1S/C33H36N2O9/c1-31-16-14-25(43-29(36)20-4-9-23(10-5-20)34(38)39)18-22(31)8-13-26-27(31)15-17-32(2)28(26)42-19-33(32,3)44-30(37)21-6-11-24(12-7-21)35(40)41/h4-12,25-28H,13-19H2,1-3H3/t25-,26-,27-,28+,31-,32-,33+/m0/s1. The fraction of sp³-hybridized carbons (Fsp3) is 0.515. The average molecular weight is 605 g/mol. The van der Waals surface area contributed by atoms with Gasteiger partial charge in [0.05, 0.1) is 33.7 Å². The summed E-state index contributed by atoms with van der Waals surface area (Å²) in [5, 5.41) is 21.9. The number of benzene rings is 2. The van der Waals surface area contributed by atoms with Crippen molar-refractivity contribution < 1.29 is 33.6 Å². The topological polar surface area (TPSA) is 148 Å². The molecule has 2 aromatic rings. The van der Waals surface area contributed by atoms with Crippen LogP contribution in [0.25, 0.3) is 0 Å². The molecule has 0 spiro atoms. The lowest BCUT2D eigenvalue weighted by molar-refractivity contribution is -0.385. The molecule has 11 heteroatoms. The molecular weight excluding hydrogens is 568 g/mol. The maximum atomic E-state index is 13.1. The predicted octanol–water partition coefficient (Wildman–Crippen LogP) is 6.60. The van der Waals surface area contributed by atoms with Crippen LogP contribution >= 0.6 is 0 Å². The maximum absolute atomic E-state index is 13.1. The molecule has 0 bridgehead atoms. The van der Waals surface area contributed by atoms with E-state index in [-0.39, 0.29) is 47.1 Å². The van der Waals surface area contributed by atoms with Crippen molar-refractivity contribution in [2.45, 2.75) is 77.1 Å². The van der Waals surface area contributed by atoms with Gasteiger partial charge in [-0.25, -0.2) is 9.59 Å². The third kappa shape index (κ3) is 4.87. The zero-order chi connectivity index (χ0) is 31.4. The van der Waals surface area contributed by atoms with Crippen LogP contribution in [-0.4, -0.2) is 46.2 Å². The van der Waals surface area contributed by atoms with Crippen molar-refractivity contribution in [2.75, 3.05) is 6.61 Å². The number of nitrogens with zero attached hydrogens (tertiary/aromatic N) is 2. The molecule has 0 unspecified atom stereocenters. The third-order valence-electron chi connectivity index (χ3n) is 11.1. The third-order valence-corrected chi connectivity index (χ3v) is 11.1. The van der Waals surface area contributed by atoms with Crippen molar-refractivity contribution in [3.8, 4) is 0 Å². The Bertz CT molecular complexity index is 1540. The number of allylic oxidation sites excluding steroid dienone is 1. The van der Waals surface area contributed by atoms with E-state index < -0.39 is 32.8 Å². The Hall–Kier alpha value is -4.12. The van der Waals surface area contributed by atoms with Gasteiger partial charge in [-0.05, 0) is 80.5 Å². The molecule has 11 nitrogen and oxygen atoms in total. The summed E-state index contributed by atoms with van der Waals surface area (Å²) in [4.78, 5) is 46.9. The van der Waals surface area contributed by atoms with E-state index in [1.165, 1.54) is 54.1 Å². The highest BCUT2D eigenvalue weighted by molar-refractivity contribution is 5.90. The first-order valence-electron chi connectivity index (χ1n) is 15.1. The van der Waals surface area contributed by atoms with E-state index in [9.17, 15) is 29.8 Å². The highest BCUT2D eigenvalue weighted by Gasteiger charge is 2.65. The number of nitro benzene ring substituents is 2. The molecule has 0 aromatic heterocycles. The van der Waals surface area contributed by atoms with Gasteiger partial charge in [0, 0.05) is 36.1 Å². The highest BCUT2D eigenvalue weighted by atomic mass is 16.6. The van der Waals surface area contributed by atoms with E-state index in [0.717, 1.165) is 32.1 Å². The second kappa shape index (κ2) is 10.8. The summed E-state index contributed by atoms with van der Waals surface area (Å²) in [6, 6.07) is 10.9. The minimum absolute atomic E-state index is 0.0572. The van der Waals surface area contributed by atoms with Crippen LogP contribution in [0, 0.1) is 42.9 Å². The number of nitro groups is 2. The van der Waals surface area contributed by atoms with Gasteiger partial charge in [0.15, 0.2) is 0 Å². The highest BCUT2D eigenvalue weighted by Crippen LogP contribution is 2.64. The van der Waals surface area contributed by atoms with Crippen LogP contribution in [0.3, 0.4) is 0 Å². The molecule has 2 aromatic carbocycles. The fourth-order valence-electron chi connectivity index (χ4n) is 8.25. The summed E-state index contributed by atoms with van der Waals surface area (Å²) in [6.07, 6.45) is 6.79. The minimum atomic E-state index is -0.851. The van der Waals surface area contributed by atoms with Gasteiger partial charge < -0.3 is 14.2 Å². The van der Waals surface area contributed by atoms with Gasteiger partial charge in [-0.3, -0.25) is 20.2 Å². The van der Waals surface area contributed by atoms with Gasteiger partial charge in [-0.2, -0.15) is 0 Å². The summed E-state index contributed by atoms with van der Waals surface area (Å²) in [7, 11) is 0. The summed E-state index contributed by atoms with van der Waals surface area (Å²) < 4.78 is 18.5. The monoisotopic (exact) mass is 604 g/mol. The molecule has 4 aliphatic rings. The van der Waals surface area contributed by atoms with E-state index in [0.29, 0.717) is 17.9 Å². The van der Waals surface area contributed by atoms with Crippen LogP contribution in [0.4, 0.5) is 11.4 Å². The molecule has 1 heterocycles. The lowest BCUT2D eigenvalue weighted by Crippen LogP contribution is -2.57. The molecule has 7 atom stereocenters. The minimum Gasteiger partial charge on any atom is -0.458 e. The van der Waals surface area contributed by atoms with Crippen LogP contribution in [0.15, 0.2) is 60.2 Å². The molecular formula is C33H36N2O9. The van der Waals surface area contributed by atoms with E-state index in [1.807, 2.05) is 6.92 Å². The van der Waals surface area contributed by atoms with Gasteiger partial charge in [0.1, 0.15) is 11.7 Å². The number of ether oxygens (including phenoxy) is 3. The SMILES string of the molecule is C[C@]12CC[C@H](OC(=O)c3ccc([N+](=O)[O-])cc3)CC1=CC[C@@H]1[C@H]3OC[C@@](C)(OC(=O)c4ccc([N+](=O)[O-])cc4)[C@@]3(C)CC[C@@H]12. The molecule has 0 N–H and O–H groups in total. The first-order valence-corrected chi connectivity index (χ1v) is 15.1. The fourth-order valence-corrected chi connectivity index (χ4v) is 8.25. The maximum Gasteiger partial charge on any atom is 0.338 e. The Kier molecular flexibility index (Phi) is 7.34. The average Bonchev–Trinajstić information content (AvgIpc) is 3.27. The Balaban J connectivity index is 1.14. The number of esters is 2. The van der Waals surface area contributed by atoms with Crippen LogP contribution < -0.4 is 0 Å². The number of carbonyl (C=O) groups excluding carboxylic acids is 2. The summed E-state index contributed by atoms with van der Waals surface area (Å²) >= 11 is 0. The van der Waals surface area contributed by atoms with Crippen molar-refractivity contribution in [1.82, 2.24) is 0 Å². The zero-order valence-electron chi connectivity index (χ0n) is 25.0. The Morgan fingerprint density at radius 3 is 2.05 bits per heavy atom. The van der Waals surface area contributed by atoms with Gasteiger partial charge in [-0.1, -0.05) is 25.5 Å². The number of rotatable bonds is 6. The molecule has 232 valence electrons. The van der Waals surface area contributed by atoms with Crippen molar-refractivity contribution in [2.24, 2.45) is 22.7 Å². The van der Waals surface area contributed by atoms with Crippen molar-refractivity contribution in [1.29, 1.82) is 0 Å².